The van der Waals surface area contributed by atoms with Crippen LogP contribution in [0.5, 0.6) is 0 Å². The molecule has 0 radical (unpaired) electrons. The number of aromatic nitrogens is 1. The van der Waals surface area contributed by atoms with Crippen molar-refractivity contribution in [1.82, 2.24) is 10.3 Å². The molecule has 3 N–H and O–H groups in total. The Hall–Kier alpha value is -1.84. The van der Waals surface area contributed by atoms with Gasteiger partial charge < -0.3 is 11.1 Å². The highest BCUT2D eigenvalue weighted by atomic mass is 16.1. The smallest absolute Gasteiger partial charge is 0.250 e. The highest BCUT2D eigenvalue weighted by Gasteiger charge is 2.03. The van der Waals surface area contributed by atoms with E-state index in [0.717, 1.165) is 17.7 Å². The third kappa shape index (κ3) is 2.80. The molecule has 1 rings (SSSR count). The Morgan fingerprint density at radius 1 is 1.60 bits per heavy atom. The van der Waals surface area contributed by atoms with Crippen molar-refractivity contribution in [2.24, 2.45) is 5.73 Å². The first-order valence-corrected chi connectivity index (χ1v) is 4.81. The number of nitrogens with zero attached hydrogens (tertiary/aromatic N) is 1. The molecule has 1 aromatic rings. The summed E-state index contributed by atoms with van der Waals surface area (Å²) in [5.41, 5.74) is 7.50. The number of carbonyl (C=O) groups is 1. The second-order valence-corrected chi connectivity index (χ2v) is 3.11. The minimum Gasteiger partial charge on any atom is -0.394 e. The van der Waals surface area contributed by atoms with Crippen LogP contribution in [0.2, 0.25) is 0 Å². The lowest BCUT2D eigenvalue weighted by molar-refractivity contribution is 0.1000. The molecule has 15 heavy (non-hydrogen) atoms. The van der Waals surface area contributed by atoms with Gasteiger partial charge in [-0.1, -0.05) is 6.92 Å². The predicted octanol–water partition coefficient (Wildman–Crippen LogP) is 1.15. The van der Waals surface area contributed by atoms with Crippen molar-refractivity contribution < 1.29 is 4.79 Å². The third-order valence-corrected chi connectivity index (χ3v) is 2.08. The number of carbonyl (C=O) groups excluding carboxylic acids is 1. The number of hydrogen-bond donors (Lipinski definition) is 2. The van der Waals surface area contributed by atoms with Gasteiger partial charge in [0.2, 0.25) is 5.91 Å². The fourth-order valence-corrected chi connectivity index (χ4v) is 1.26. The molecule has 0 saturated carbocycles. The van der Waals surface area contributed by atoms with Crippen LogP contribution in [0.25, 0.3) is 5.57 Å². The van der Waals surface area contributed by atoms with Crippen molar-refractivity contribution in [2.75, 3.05) is 7.05 Å². The molecule has 0 bridgehead atoms. The summed E-state index contributed by atoms with van der Waals surface area (Å²) in [5, 5.41) is 2.96. The van der Waals surface area contributed by atoms with E-state index < -0.39 is 5.91 Å². The first-order chi connectivity index (χ1) is 7.19. The van der Waals surface area contributed by atoms with Crippen LogP contribution in [-0.4, -0.2) is 17.9 Å². The number of primary amides is 1. The Balaban J connectivity index is 2.97. The largest absolute Gasteiger partial charge is 0.394 e. The number of hydrogen-bond acceptors (Lipinski definition) is 3. The highest BCUT2D eigenvalue weighted by molar-refractivity contribution is 5.92. The lowest BCUT2D eigenvalue weighted by Crippen LogP contribution is -2.11. The van der Waals surface area contributed by atoms with E-state index >= 15 is 0 Å². The molecular weight excluding hydrogens is 190 g/mol. The fourth-order valence-electron chi connectivity index (χ4n) is 1.26. The number of pyridine rings is 1. The van der Waals surface area contributed by atoms with Gasteiger partial charge >= 0.3 is 0 Å². The Morgan fingerprint density at radius 3 is 2.73 bits per heavy atom. The first-order valence-electron chi connectivity index (χ1n) is 4.81. The Bertz CT molecular complexity index is 368. The van der Waals surface area contributed by atoms with E-state index in [9.17, 15) is 4.79 Å². The summed E-state index contributed by atoms with van der Waals surface area (Å²) >= 11 is 0. The molecule has 0 aromatic carbocycles. The molecule has 0 unspecified atom stereocenters. The summed E-state index contributed by atoms with van der Waals surface area (Å²) in [7, 11) is 1.84. The summed E-state index contributed by atoms with van der Waals surface area (Å²) < 4.78 is 0. The molecule has 4 nitrogen and oxygen atoms in total. The van der Waals surface area contributed by atoms with E-state index in [1.807, 2.05) is 20.2 Å². The van der Waals surface area contributed by atoms with Gasteiger partial charge in [-0.05, 0) is 24.1 Å². The van der Waals surface area contributed by atoms with Crippen molar-refractivity contribution in [2.45, 2.75) is 13.3 Å². The minimum atomic E-state index is -0.454. The molecule has 1 amide bonds. The maximum absolute atomic E-state index is 10.8. The van der Waals surface area contributed by atoms with E-state index in [2.05, 4.69) is 10.3 Å². The van der Waals surface area contributed by atoms with Gasteiger partial charge in [-0.15, -0.1) is 0 Å². The van der Waals surface area contributed by atoms with E-state index in [4.69, 9.17) is 5.73 Å². The zero-order valence-corrected chi connectivity index (χ0v) is 8.95. The zero-order chi connectivity index (χ0) is 11.3. The van der Waals surface area contributed by atoms with Gasteiger partial charge in [-0.25, -0.2) is 0 Å². The van der Waals surface area contributed by atoms with Gasteiger partial charge in [0.05, 0.1) is 11.3 Å². The molecule has 0 aliphatic rings. The molecule has 0 saturated heterocycles. The van der Waals surface area contributed by atoms with Crippen molar-refractivity contribution in [3.8, 4) is 0 Å². The zero-order valence-electron chi connectivity index (χ0n) is 8.95. The lowest BCUT2D eigenvalue weighted by atomic mass is 10.1. The van der Waals surface area contributed by atoms with Gasteiger partial charge in [0.1, 0.15) is 0 Å². The molecule has 1 aromatic heterocycles. The molecule has 80 valence electrons. The number of allylic oxidation sites excluding steroid dienone is 1. The Kier molecular flexibility index (Phi) is 3.85. The van der Waals surface area contributed by atoms with E-state index in [1.165, 1.54) is 6.20 Å². The van der Waals surface area contributed by atoms with Crippen LogP contribution in [0.4, 0.5) is 0 Å². The van der Waals surface area contributed by atoms with Crippen LogP contribution in [0.1, 0.15) is 29.4 Å². The summed E-state index contributed by atoms with van der Waals surface area (Å²) in [5.74, 6) is -0.454. The van der Waals surface area contributed by atoms with Crippen molar-refractivity contribution in [3.63, 3.8) is 0 Å². The monoisotopic (exact) mass is 205 g/mol. The average molecular weight is 205 g/mol. The van der Waals surface area contributed by atoms with Gasteiger partial charge in [-0.2, -0.15) is 0 Å². The molecule has 0 aliphatic heterocycles. The highest BCUT2D eigenvalue weighted by Crippen LogP contribution is 2.14. The molecule has 0 atom stereocenters. The standard InChI is InChI=1S/C11H15N3O/c1-3-8(6-13-2)10-5-4-9(7-14-10)11(12)15/h4-7,13H,3H2,1-2H3,(H2,12,15). The van der Waals surface area contributed by atoms with Crippen LogP contribution in [0, 0.1) is 0 Å². The van der Waals surface area contributed by atoms with Crippen molar-refractivity contribution >= 4 is 11.5 Å². The van der Waals surface area contributed by atoms with Gasteiger partial charge in [0.15, 0.2) is 0 Å². The van der Waals surface area contributed by atoms with Crippen LogP contribution in [0.15, 0.2) is 24.5 Å². The van der Waals surface area contributed by atoms with Gasteiger partial charge in [0.25, 0.3) is 0 Å². The molecule has 0 fully saturated rings. The molecule has 1 heterocycles. The van der Waals surface area contributed by atoms with E-state index in [0.29, 0.717) is 5.56 Å². The van der Waals surface area contributed by atoms with Crippen LogP contribution >= 0.6 is 0 Å². The Labute approximate surface area is 89.2 Å². The van der Waals surface area contributed by atoms with E-state index in [1.54, 1.807) is 12.1 Å². The maximum atomic E-state index is 10.8. The third-order valence-electron chi connectivity index (χ3n) is 2.08. The molecule has 0 spiro atoms. The lowest BCUT2D eigenvalue weighted by Gasteiger charge is -2.04. The van der Waals surface area contributed by atoms with Crippen LogP contribution in [-0.2, 0) is 0 Å². The quantitative estimate of drug-likeness (QED) is 0.774. The average Bonchev–Trinajstić information content (AvgIpc) is 2.26. The van der Waals surface area contributed by atoms with Crippen LogP contribution < -0.4 is 11.1 Å². The minimum absolute atomic E-state index is 0.429. The van der Waals surface area contributed by atoms with Crippen molar-refractivity contribution in [1.29, 1.82) is 0 Å². The number of nitrogens with one attached hydrogen (secondary N) is 1. The van der Waals surface area contributed by atoms with Crippen molar-refractivity contribution in [3.05, 3.63) is 35.8 Å². The number of nitrogens with two attached hydrogens (primary N) is 1. The van der Waals surface area contributed by atoms with Crippen LogP contribution in [0.3, 0.4) is 0 Å². The summed E-state index contributed by atoms with van der Waals surface area (Å²) in [4.78, 5) is 15.0. The second-order valence-electron chi connectivity index (χ2n) is 3.11. The Morgan fingerprint density at radius 2 is 2.33 bits per heavy atom. The van der Waals surface area contributed by atoms with Gasteiger partial charge in [-0.3, -0.25) is 9.78 Å². The summed E-state index contributed by atoms with van der Waals surface area (Å²) in [6.07, 6.45) is 4.27. The molecular formula is C11H15N3O. The SMILES string of the molecule is CCC(=CNC)c1ccc(C(N)=O)cn1. The van der Waals surface area contributed by atoms with E-state index in [-0.39, 0.29) is 0 Å². The summed E-state index contributed by atoms with van der Waals surface area (Å²) in [6, 6.07) is 3.48. The van der Waals surface area contributed by atoms with Gasteiger partial charge in [0, 0.05) is 19.4 Å². The normalized spacial score (nSPS) is 11.2. The molecule has 0 aliphatic carbocycles. The number of amides is 1. The first kappa shape index (κ1) is 11.2. The fraction of sp³-hybridized carbons (Fsp3) is 0.273. The topological polar surface area (TPSA) is 68.0 Å². The number of rotatable bonds is 4. The predicted molar refractivity (Wildman–Crippen MR) is 60.1 cm³/mol. The maximum Gasteiger partial charge on any atom is 0.250 e. The second kappa shape index (κ2) is 5.14. The summed E-state index contributed by atoms with van der Waals surface area (Å²) in [6.45, 7) is 2.05. The molecule has 4 heteroatoms.